The van der Waals surface area contributed by atoms with Gasteiger partial charge >= 0.3 is 0 Å². The number of amides is 1. The number of hydrogen-bond acceptors (Lipinski definition) is 2. The topological polar surface area (TPSA) is 39.0 Å². The summed E-state index contributed by atoms with van der Waals surface area (Å²) >= 11 is 11.7. The van der Waals surface area contributed by atoms with Crippen molar-refractivity contribution in [3.8, 4) is 0 Å². The average molecular weight is 394 g/mol. The van der Waals surface area contributed by atoms with Crippen molar-refractivity contribution in [2.45, 2.75) is 50.6 Å². The first-order chi connectivity index (χ1) is 12.2. The molecular weight excluding hydrogens is 373 g/mol. The van der Waals surface area contributed by atoms with Crippen LogP contribution in [-0.2, 0) is 30.2 Å². The van der Waals surface area contributed by atoms with Crippen molar-refractivity contribution in [3.63, 3.8) is 0 Å². The number of carbonyl (C=O) groups excluding carboxylic acids is 1. The fourth-order valence-electron chi connectivity index (χ4n) is 4.39. The van der Waals surface area contributed by atoms with E-state index >= 15 is 0 Å². The lowest BCUT2D eigenvalue weighted by Crippen LogP contribution is -2.32. The number of rotatable bonds is 4. The minimum Gasteiger partial charge on any atom is -0.354 e. The summed E-state index contributed by atoms with van der Waals surface area (Å²) in [7, 11) is 1.90. The SMILES string of the molecule is CC(C)NC(=O)Cc1c2n(c(=S)n1C)C[C@@]1(c3cc(Cl)ccc3F)C[C@@H]21. The number of imidazole rings is 1. The smallest absolute Gasteiger partial charge is 0.226 e. The fourth-order valence-corrected chi connectivity index (χ4v) is 4.83. The molecule has 26 heavy (non-hydrogen) atoms. The molecule has 2 heterocycles. The van der Waals surface area contributed by atoms with Crippen molar-refractivity contribution in [2.24, 2.45) is 7.05 Å². The van der Waals surface area contributed by atoms with Crippen molar-refractivity contribution in [1.29, 1.82) is 0 Å². The molecule has 0 spiro atoms. The first kappa shape index (κ1) is 17.7. The number of aromatic nitrogens is 2. The molecule has 138 valence electrons. The van der Waals surface area contributed by atoms with Gasteiger partial charge < -0.3 is 14.5 Å². The van der Waals surface area contributed by atoms with E-state index < -0.39 is 0 Å². The minimum atomic E-state index is -0.282. The number of halogens is 2. The molecule has 2 atom stereocenters. The molecule has 2 aliphatic rings. The number of hydrogen-bond donors (Lipinski definition) is 1. The zero-order chi connectivity index (χ0) is 18.8. The minimum absolute atomic E-state index is 0.0221. The standard InChI is InChI=1S/C19H21ClFN3OS/c1-10(2)22-16(25)7-15-17-13-8-19(13,9-24(17)18(26)23(15)3)12-6-11(20)4-5-14(12)21/h4-6,10,13H,7-9H2,1-3H3,(H,22,25)/t13-,19+/m0/s1. The number of fused-ring (bicyclic) bond motifs is 3. The Morgan fingerprint density at radius 3 is 2.92 bits per heavy atom. The van der Waals surface area contributed by atoms with E-state index in [0.29, 0.717) is 21.9 Å². The maximum Gasteiger partial charge on any atom is 0.226 e. The van der Waals surface area contributed by atoms with Crippen molar-refractivity contribution in [3.05, 3.63) is 50.8 Å². The van der Waals surface area contributed by atoms with Gasteiger partial charge in [-0.15, -0.1) is 0 Å². The molecule has 1 N–H and O–H groups in total. The molecule has 0 unspecified atom stereocenters. The Hall–Kier alpha value is -1.66. The van der Waals surface area contributed by atoms with Gasteiger partial charge in [0.05, 0.1) is 6.42 Å². The molecule has 1 aromatic carbocycles. The van der Waals surface area contributed by atoms with Gasteiger partial charge in [-0.25, -0.2) is 4.39 Å². The second-order valence-electron chi connectivity index (χ2n) is 7.70. The molecule has 4 nitrogen and oxygen atoms in total. The van der Waals surface area contributed by atoms with Gasteiger partial charge in [-0.2, -0.15) is 0 Å². The third-order valence-corrected chi connectivity index (χ3v) is 6.33. The highest BCUT2D eigenvalue weighted by molar-refractivity contribution is 7.71. The number of carbonyl (C=O) groups is 1. The molecule has 7 heteroatoms. The van der Waals surface area contributed by atoms with Gasteiger partial charge in [0.25, 0.3) is 0 Å². The van der Waals surface area contributed by atoms with Gasteiger partial charge in [-0.05, 0) is 56.2 Å². The van der Waals surface area contributed by atoms with Crippen LogP contribution in [-0.4, -0.2) is 21.1 Å². The van der Waals surface area contributed by atoms with Gasteiger partial charge in [0, 0.05) is 47.4 Å². The van der Waals surface area contributed by atoms with Crippen LogP contribution in [0, 0.1) is 10.6 Å². The Morgan fingerprint density at radius 2 is 2.23 bits per heavy atom. The largest absolute Gasteiger partial charge is 0.354 e. The monoisotopic (exact) mass is 393 g/mol. The molecular formula is C19H21ClFN3OS. The Kier molecular flexibility index (Phi) is 4.04. The van der Waals surface area contributed by atoms with Crippen LogP contribution in [0.5, 0.6) is 0 Å². The quantitative estimate of drug-likeness (QED) is 0.801. The van der Waals surface area contributed by atoms with Crippen LogP contribution in [0.2, 0.25) is 5.02 Å². The van der Waals surface area contributed by atoms with Crippen LogP contribution >= 0.6 is 23.8 Å². The summed E-state index contributed by atoms with van der Waals surface area (Å²) in [6.45, 7) is 4.52. The Bertz CT molecular complexity index is 980. The van der Waals surface area contributed by atoms with E-state index in [1.165, 1.54) is 6.07 Å². The molecule has 0 radical (unpaired) electrons. The molecule has 1 aliphatic heterocycles. The van der Waals surface area contributed by atoms with Crippen molar-refractivity contribution in [1.82, 2.24) is 14.5 Å². The highest BCUT2D eigenvalue weighted by Crippen LogP contribution is 2.66. The van der Waals surface area contributed by atoms with E-state index in [9.17, 15) is 9.18 Å². The van der Waals surface area contributed by atoms with Gasteiger partial charge in [-0.3, -0.25) is 4.79 Å². The summed E-state index contributed by atoms with van der Waals surface area (Å²) in [6, 6.07) is 4.83. The van der Waals surface area contributed by atoms with Gasteiger partial charge in [0.1, 0.15) is 5.82 Å². The van der Waals surface area contributed by atoms with Gasteiger partial charge in [0.15, 0.2) is 4.77 Å². The molecule has 1 amide bonds. The predicted molar refractivity (Wildman–Crippen MR) is 102 cm³/mol. The lowest BCUT2D eigenvalue weighted by atomic mass is 9.93. The second-order valence-corrected chi connectivity index (χ2v) is 8.50. The molecule has 1 saturated carbocycles. The molecule has 0 saturated heterocycles. The van der Waals surface area contributed by atoms with Crippen LogP contribution in [0.25, 0.3) is 0 Å². The Balaban J connectivity index is 1.72. The highest BCUT2D eigenvalue weighted by Gasteiger charge is 2.63. The zero-order valence-corrected chi connectivity index (χ0v) is 16.5. The molecule has 1 aromatic heterocycles. The van der Waals surface area contributed by atoms with Gasteiger partial charge in [0.2, 0.25) is 5.91 Å². The van der Waals surface area contributed by atoms with Crippen LogP contribution in [0.3, 0.4) is 0 Å². The first-order valence-corrected chi connectivity index (χ1v) is 9.56. The molecule has 0 bridgehead atoms. The lowest BCUT2D eigenvalue weighted by Gasteiger charge is -2.15. The van der Waals surface area contributed by atoms with E-state index in [0.717, 1.165) is 17.8 Å². The second kappa shape index (κ2) is 5.92. The fraction of sp³-hybridized carbons (Fsp3) is 0.474. The van der Waals surface area contributed by atoms with Crippen molar-refractivity contribution < 1.29 is 9.18 Å². The van der Waals surface area contributed by atoms with Crippen LogP contribution < -0.4 is 5.32 Å². The third-order valence-electron chi connectivity index (χ3n) is 5.60. The summed E-state index contributed by atoms with van der Waals surface area (Å²) < 4.78 is 19.2. The maximum atomic E-state index is 14.5. The molecule has 4 rings (SSSR count). The molecule has 2 aromatic rings. The summed E-state index contributed by atoms with van der Waals surface area (Å²) in [5.74, 6) is -0.0663. The van der Waals surface area contributed by atoms with Crippen LogP contribution in [0.15, 0.2) is 18.2 Å². The van der Waals surface area contributed by atoms with Crippen LogP contribution in [0.4, 0.5) is 4.39 Å². The van der Waals surface area contributed by atoms with E-state index in [-0.39, 0.29) is 35.5 Å². The normalized spacial score (nSPS) is 23.1. The van der Waals surface area contributed by atoms with E-state index in [1.807, 2.05) is 25.5 Å². The first-order valence-electron chi connectivity index (χ1n) is 8.78. The summed E-state index contributed by atoms with van der Waals surface area (Å²) in [5, 5.41) is 3.47. The van der Waals surface area contributed by atoms with E-state index in [1.54, 1.807) is 12.1 Å². The van der Waals surface area contributed by atoms with Crippen molar-refractivity contribution in [2.75, 3.05) is 0 Å². The summed E-state index contributed by atoms with van der Waals surface area (Å²) in [5.41, 5.74) is 2.39. The average Bonchev–Trinajstić information content (AvgIpc) is 3.12. The van der Waals surface area contributed by atoms with E-state index in [2.05, 4.69) is 9.88 Å². The van der Waals surface area contributed by atoms with Gasteiger partial charge in [-0.1, -0.05) is 11.6 Å². The Morgan fingerprint density at radius 1 is 1.50 bits per heavy atom. The zero-order valence-electron chi connectivity index (χ0n) is 15.0. The summed E-state index contributed by atoms with van der Waals surface area (Å²) in [4.78, 5) is 12.3. The third kappa shape index (κ3) is 2.54. The lowest BCUT2D eigenvalue weighted by molar-refractivity contribution is -0.121. The van der Waals surface area contributed by atoms with Crippen molar-refractivity contribution >= 4 is 29.7 Å². The predicted octanol–water partition coefficient (Wildman–Crippen LogP) is 3.85. The maximum absolute atomic E-state index is 14.5. The molecule has 1 fully saturated rings. The van der Waals surface area contributed by atoms with E-state index in [4.69, 9.17) is 23.8 Å². The number of nitrogens with one attached hydrogen (secondary N) is 1. The number of benzene rings is 1. The highest BCUT2D eigenvalue weighted by atomic mass is 35.5. The van der Waals surface area contributed by atoms with Crippen LogP contribution in [0.1, 0.15) is 43.1 Å². The molecule has 1 aliphatic carbocycles. The summed E-state index contributed by atoms with van der Waals surface area (Å²) in [6.07, 6.45) is 1.15. The Labute approximate surface area is 162 Å². The number of nitrogens with zero attached hydrogens (tertiary/aromatic N) is 2.